The lowest BCUT2D eigenvalue weighted by atomic mass is 10.0. The number of hydrogen-bond acceptors (Lipinski definition) is 3. The summed E-state index contributed by atoms with van der Waals surface area (Å²) in [6.45, 7) is 2.25. The maximum absolute atomic E-state index is 12.4. The molecule has 0 unspecified atom stereocenters. The fraction of sp³-hybridized carbons (Fsp3) is 0.571. The minimum absolute atomic E-state index is 0. The van der Waals surface area contributed by atoms with Crippen molar-refractivity contribution in [3.8, 4) is 5.75 Å². The molecular formula is C14H20ClF3N2O. The molecule has 0 bridgehead atoms. The van der Waals surface area contributed by atoms with Crippen molar-refractivity contribution in [1.29, 1.82) is 0 Å². The Bertz CT molecular complexity index is 434. The van der Waals surface area contributed by atoms with E-state index >= 15 is 0 Å². The number of para-hydroxylation sites is 1. The number of nitrogens with zero attached hydrogens (tertiary/aromatic N) is 1. The van der Waals surface area contributed by atoms with Crippen LogP contribution in [0.3, 0.4) is 0 Å². The average molecular weight is 325 g/mol. The van der Waals surface area contributed by atoms with Crippen LogP contribution in [0.25, 0.3) is 0 Å². The maximum atomic E-state index is 12.4. The fourth-order valence-corrected chi connectivity index (χ4v) is 2.48. The highest BCUT2D eigenvalue weighted by Gasteiger charge is 2.32. The summed E-state index contributed by atoms with van der Waals surface area (Å²) < 4.78 is 41.1. The first kappa shape index (κ1) is 18.1. The van der Waals surface area contributed by atoms with Crippen LogP contribution in [0.15, 0.2) is 24.3 Å². The second kappa shape index (κ2) is 7.87. The predicted octanol–water partition coefficient (Wildman–Crippen LogP) is 3.19. The van der Waals surface area contributed by atoms with Crippen molar-refractivity contribution < 1.29 is 17.9 Å². The van der Waals surface area contributed by atoms with Gasteiger partial charge in [0.1, 0.15) is 5.75 Å². The highest BCUT2D eigenvalue weighted by molar-refractivity contribution is 5.85. The van der Waals surface area contributed by atoms with Gasteiger partial charge in [-0.25, -0.2) is 0 Å². The van der Waals surface area contributed by atoms with Crippen LogP contribution in [0.2, 0.25) is 0 Å². The molecule has 0 aromatic heterocycles. The molecule has 1 aromatic carbocycles. The monoisotopic (exact) mass is 324 g/mol. The average Bonchev–Trinajstić information content (AvgIpc) is 2.40. The normalized spacial score (nSPS) is 17.3. The first-order chi connectivity index (χ1) is 9.48. The van der Waals surface area contributed by atoms with Gasteiger partial charge in [-0.15, -0.1) is 25.6 Å². The Morgan fingerprint density at radius 1 is 1.24 bits per heavy atom. The molecule has 0 saturated carbocycles. The van der Waals surface area contributed by atoms with E-state index in [4.69, 9.17) is 0 Å². The molecule has 0 amide bonds. The summed E-state index contributed by atoms with van der Waals surface area (Å²) in [5.41, 5.74) is 0.577. The molecule has 1 saturated heterocycles. The first-order valence-electron chi connectivity index (χ1n) is 6.71. The summed E-state index contributed by atoms with van der Waals surface area (Å²) in [5.74, 6) is -0.101. The smallest absolute Gasteiger partial charge is 0.405 e. The molecule has 7 heteroatoms. The SMILES string of the molecule is CNC1CCN(Cc2ccccc2OC(F)(F)F)CC1.Cl. The number of hydrogen-bond donors (Lipinski definition) is 1. The Hall–Kier alpha value is -0.980. The maximum Gasteiger partial charge on any atom is 0.573 e. The van der Waals surface area contributed by atoms with Crippen molar-refractivity contribution in [3.05, 3.63) is 29.8 Å². The standard InChI is InChI=1S/C14H19F3N2O.ClH/c1-18-12-6-8-19(9-7-12)10-11-4-2-3-5-13(11)20-14(15,16)17;/h2-5,12,18H,6-10H2,1H3;1H. The predicted molar refractivity (Wildman–Crippen MR) is 77.7 cm³/mol. The van der Waals surface area contributed by atoms with Crippen LogP contribution < -0.4 is 10.1 Å². The quantitative estimate of drug-likeness (QED) is 0.920. The summed E-state index contributed by atoms with van der Waals surface area (Å²) in [7, 11) is 1.94. The van der Waals surface area contributed by atoms with Crippen LogP contribution in [0.4, 0.5) is 13.2 Å². The summed E-state index contributed by atoms with van der Waals surface area (Å²) >= 11 is 0. The van der Waals surface area contributed by atoms with Gasteiger partial charge in [0, 0.05) is 18.2 Å². The number of piperidine rings is 1. The van der Waals surface area contributed by atoms with Gasteiger partial charge in [-0.3, -0.25) is 4.90 Å². The molecule has 120 valence electrons. The Morgan fingerprint density at radius 2 is 1.86 bits per heavy atom. The number of nitrogens with one attached hydrogen (secondary N) is 1. The van der Waals surface area contributed by atoms with E-state index in [-0.39, 0.29) is 18.2 Å². The number of halogens is 4. The number of rotatable bonds is 4. The zero-order chi connectivity index (χ0) is 14.6. The molecule has 2 rings (SSSR count). The largest absolute Gasteiger partial charge is 0.573 e. The zero-order valence-corrected chi connectivity index (χ0v) is 12.6. The Kier molecular flexibility index (Phi) is 6.77. The van der Waals surface area contributed by atoms with Crippen molar-refractivity contribution in [3.63, 3.8) is 0 Å². The van der Waals surface area contributed by atoms with Gasteiger partial charge in [-0.1, -0.05) is 18.2 Å². The second-order valence-electron chi connectivity index (χ2n) is 4.99. The van der Waals surface area contributed by atoms with Crippen molar-refractivity contribution in [2.24, 2.45) is 0 Å². The lowest BCUT2D eigenvalue weighted by Crippen LogP contribution is -2.40. The van der Waals surface area contributed by atoms with Crippen LogP contribution in [0.1, 0.15) is 18.4 Å². The molecule has 1 aliphatic heterocycles. The van der Waals surface area contributed by atoms with Crippen LogP contribution in [0.5, 0.6) is 5.75 Å². The Morgan fingerprint density at radius 3 is 2.43 bits per heavy atom. The third-order valence-corrected chi connectivity index (χ3v) is 3.59. The van der Waals surface area contributed by atoms with Gasteiger partial charge in [0.25, 0.3) is 0 Å². The van der Waals surface area contributed by atoms with Gasteiger partial charge >= 0.3 is 6.36 Å². The van der Waals surface area contributed by atoms with Gasteiger partial charge < -0.3 is 10.1 Å². The lowest BCUT2D eigenvalue weighted by Gasteiger charge is -2.32. The van der Waals surface area contributed by atoms with Gasteiger partial charge in [-0.05, 0) is 39.0 Å². The zero-order valence-electron chi connectivity index (χ0n) is 11.8. The third kappa shape index (κ3) is 5.73. The Labute approximate surface area is 128 Å². The molecular weight excluding hydrogens is 305 g/mol. The van der Waals surface area contributed by atoms with Crippen molar-refractivity contribution in [1.82, 2.24) is 10.2 Å². The molecule has 21 heavy (non-hydrogen) atoms. The van der Waals surface area contributed by atoms with Gasteiger partial charge in [0.05, 0.1) is 0 Å². The van der Waals surface area contributed by atoms with Crippen LogP contribution in [-0.2, 0) is 6.54 Å². The van der Waals surface area contributed by atoms with Gasteiger partial charge in [0.15, 0.2) is 0 Å². The van der Waals surface area contributed by atoms with Crippen LogP contribution >= 0.6 is 12.4 Å². The van der Waals surface area contributed by atoms with Gasteiger partial charge in [0.2, 0.25) is 0 Å². The molecule has 1 aliphatic rings. The highest BCUT2D eigenvalue weighted by atomic mass is 35.5. The van der Waals surface area contributed by atoms with E-state index in [0.29, 0.717) is 18.2 Å². The minimum Gasteiger partial charge on any atom is -0.405 e. The van der Waals surface area contributed by atoms with E-state index in [9.17, 15) is 13.2 Å². The second-order valence-corrected chi connectivity index (χ2v) is 4.99. The molecule has 0 atom stereocenters. The summed E-state index contributed by atoms with van der Waals surface area (Å²) in [6, 6.07) is 6.85. The van der Waals surface area contributed by atoms with Crippen molar-refractivity contribution in [2.75, 3.05) is 20.1 Å². The molecule has 1 heterocycles. The number of alkyl halides is 3. The molecule has 0 radical (unpaired) electrons. The summed E-state index contributed by atoms with van der Waals surface area (Å²) in [4.78, 5) is 2.16. The van der Waals surface area contributed by atoms with Crippen LogP contribution in [-0.4, -0.2) is 37.4 Å². The Balaban J connectivity index is 0.00000220. The topological polar surface area (TPSA) is 24.5 Å². The van der Waals surface area contributed by atoms with Crippen molar-refractivity contribution in [2.45, 2.75) is 31.8 Å². The molecule has 0 spiro atoms. The third-order valence-electron chi connectivity index (χ3n) is 3.59. The lowest BCUT2D eigenvalue weighted by molar-refractivity contribution is -0.275. The van der Waals surface area contributed by atoms with Crippen molar-refractivity contribution >= 4 is 12.4 Å². The molecule has 1 aromatic rings. The molecule has 1 N–H and O–H groups in total. The van der Waals surface area contributed by atoms with Crippen LogP contribution in [0, 0.1) is 0 Å². The summed E-state index contributed by atoms with van der Waals surface area (Å²) in [5, 5.41) is 3.23. The van der Waals surface area contributed by atoms with Gasteiger partial charge in [-0.2, -0.15) is 0 Å². The molecule has 3 nitrogen and oxygen atoms in total. The van der Waals surface area contributed by atoms with E-state index in [1.54, 1.807) is 18.2 Å². The molecule has 1 fully saturated rings. The number of benzene rings is 1. The fourth-order valence-electron chi connectivity index (χ4n) is 2.48. The van der Waals surface area contributed by atoms with E-state index in [1.807, 2.05) is 7.05 Å². The van der Waals surface area contributed by atoms with E-state index in [1.165, 1.54) is 6.07 Å². The number of likely N-dealkylation sites (tertiary alicyclic amines) is 1. The molecule has 0 aliphatic carbocycles. The summed E-state index contributed by atoms with van der Waals surface area (Å²) in [6.07, 6.45) is -2.62. The van der Waals surface area contributed by atoms with E-state index < -0.39 is 6.36 Å². The van der Waals surface area contributed by atoms with E-state index in [0.717, 1.165) is 25.9 Å². The van der Waals surface area contributed by atoms with E-state index in [2.05, 4.69) is 15.0 Å². The highest BCUT2D eigenvalue weighted by Crippen LogP contribution is 2.27. The minimum atomic E-state index is -4.64. The number of ether oxygens (including phenoxy) is 1. The first-order valence-corrected chi connectivity index (χ1v) is 6.71.